The van der Waals surface area contributed by atoms with Crippen LogP contribution in [-0.4, -0.2) is 16.7 Å². The van der Waals surface area contributed by atoms with Crippen molar-refractivity contribution in [2.75, 3.05) is 5.32 Å². The minimum atomic E-state index is -4.25. The number of hydrogen-bond donors (Lipinski definition) is 1. The Kier molecular flexibility index (Phi) is 2.74. The van der Waals surface area contributed by atoms with Crippen LogP contribution in [-0.2, 0) is 0 Å². The van der Waals surface area contributed by atoms with E-state index in [1.807, 2.05) is 6.07 Å². The van der Waals surface area contributed by atoms with Crippen molar-refractivity contribution in [3.63, 3.8) is 0 Å². The molecular formula is C13H10BrF3N2. The number of alkyl halides is 3. The Bertz CT molecular complexity index is 635. The van der Waals surface area contributed by atoms with Gasteiger partial charge in [0, 0.05) is 21.4 Å². The van der Waals surface area contributed by atoms with Crippen molar-refractivity contribution >= 4 is 32.5 Å². The average molecular weight is 331 g/mol. The number of fused-ring (bicyclic) bond motifs is 1. The first kappa shape index (κ1) is 12.7. The topological polar surface area (TPSA) is 24.9 Å². The van der Waals surface area contributed by atoms with Crippen molar-refractivity contribution in [3.8, 4) is 0 Å². The Morgan fingerprint density at radius 2 is 1.89 bits per heavy atom. The fourth-order valence-corrected chi connectivity index (χ4v) is 2.60. The Hall–Kier alpha value is -1.30. The van der Waals surface area contributed by atoms with Crippen LogP contribution in [0.15, 0.2) is 34.9 Å². The molecule has 6 heteroatoms. The van der Waals surface area contributed by atoms with Crippen LogP contribution in [0.2, 0.25) is 0 Å². The van der Waals surface area contributed by atoms with Gasteiger partial charge in [-0.05, 0) is 25.0 Å². The molecule has 1 aromatic carbocycles. The zero-order valence-electron chi connectivity index (χ0n) is 9.76. The summed E-state index contributed by atoms with van der Waals surface area (Å²) >= 11 is 3.39. The lowest BCUT2D eigenvalue weighted by Gasteiger charge is -2.22. The molecule has 2 aromatic rings. The lowest BCUT2D eigenvalue weighted by atomic mass is 10.1. The van der Waals surface area contributed by atoms with E-state index in [-0.39, 0.29) is 18.7 Å². The predicted octanol–water partition coefficient (Wildman–Crippen LogP) is 4.50. The lowest BCUT2D eigenvalue weighted by Crippen LogP contribution is -2.38. The van der Waals surface area contributed by atoms with Crippen molar-refractivity contribution in [3.05, 3.63) is 34.9 Å². The van der Waals surface area contributed by atoms with Gasteiger partial charge in [-0.15, -0.1) is 0 Å². The van der Waals surface area contributed by atoms with Gasteiger partial charge in [0.15, 0.2) is 0 Å². The highest BCUT2D eigenvalue weighted by molar-refractivity contribution is 9.10. The summed E-state index contributed by atoms with van der Waals surface area (Å²) in [7, 11) is 0. The molecule has 0 atom stereocenters. The number of halogens is 4. The van der Waals surface area contributed by atoms with Crippen LogP contribution < -0.4 is 5.32 Å². The van der Waals surface area contributed by atoms with Crippen LogP contribution in [0.1, 0.15) is 12.8 Å². The van der Waals surface area contributed by atoms with Gasteiger partial charge in [0.1, 0.15) is 11.4 Å². The summed E-state index contributed by atoms with van der Waals surface area (Å²) in [6.45, 7) is 0. The van der Waals surface area contributed by atoms with E-state index >= 15 is 0 Å². The summed E-state index contributed by atoms with van der Waals surface area (Å²) in [6.07, 6.45) is -2.53. The number of nitrogens with zero attached hydrogens (tertiary/aromatic N) is 1. The first-order valence-electron chi connectivity index (χ1n) is 5.81. The quantitative estimate of drug-likeness (QED) is 0.876. The summed E-state index contributed by atoms with van der Waals surface area (Å²) in [4.78, 5) is 4.05. The third-order valence-corrected chi connectivity index (χ3v) is 4.09. The van der Waals surface area contributed by atoms with Crippen molar-refractivity contribution < 1.29 is 13.2 Å². The summed E-state index contributed by atoms with van der Waals surface area (Å²) in [5.41, 5.74) is -1.80. The third kappa shape index (κ3) is 2.08. The minimum Gasteiger partial charge on any atom is -0.356 e. The van der Waals surface area contributed by atoms with E-state index in [1.54, 1.807) is 18.2 Å². The van der Waals surface area contributed by atoms with E-state index in [9.17, 15) is 13.2 Å². The van der Waals surface area contributed by atoms with E-state index < -0.39 is 11.7 Å². The van der Waals surface area contributed by atoms with Crippen molar-refractivity contribution in [1.29, 1.82) is 0 Å². The van der Waals surface area contributed by atoms with Crippen LogP contribution in [0.4, 0.5) is 19.0 Å². The molecule has 1 aromatic heterocycles. The predicted molar refractivity (Wildman–Crippen MR) is 71.1 cm³/mol. The third-order valence-electron chi connectivity index (χ3n) is 3.40. The van der Waals surface area contributed by atoms with Crippen molar-refractivity contribution in [2.24, 2.45) is 0 Å². The molecule has 0 saturated heterocycles. The highest BCUT2D eigenvalue weighted by atomic mass is 79.9. The lowest BCUT2D eigenvalue weighted by molar-refractivity contribution is -0.151. The molecule has 1 heterocycles. The van der Waals surface area contributed by atoms with Crippen LogP contribution in [0, 0.1) is 0 Å². The van der Waals surface area contributed by atoms with E-state index in [4.69, 9.17) is 0 Å². The van der Waals surface area contributed by atoms with Crippen molar-refractivity contribution in [2.45, 2.75) is 24.6 Å². The Labute approximate surface area is 116 Å². The van der Waals surface area contributed by atoms with Gasteiger partial charge in [0.25, 0.3) is 0 Å². The second kappa shape index (κ2) is 4.10. The molecule has 1 N–H and O–H groups in total. The van der Waals surface area contributed by atoms with Gasteiger partial charge in [-0.3, -0.25) is 0 Å². The number of benzene rings is 1. The highest BCUT2D eigenvalue weighted by Gasteiger charge is 2.63. The van der Waals surface area contributed by atoms with E-state index in [1.165, 1.54) is 6.20 Å². The number of anilines is 1. The summed E-state index contributed by atoms with van der Waals surface area (Å²) in [5, 5.41) is 4.12. The van der Waals surface area contributed by atoms with Gasteiger partial charge >= 0.3 is 6.18 Å². The fraction of sp³-hybridized carbons (Fsp3) is 0.308. The zero-order valence-corrected chi connectivity index (χ0v) is 11.3. The normalized spacial score (nSPS) is 17.5. The van der Waals surface area contributed by atoms with Gasteiger partial charge in [-0.1, -0.05) is 28.1 Å². The molecule has 0 aliphatic heterocycles. The summed E-state index contributed by atoms with van der Waals surface area (Å²) in [6, 6.07) is 7.18. The number of pyridine rings is 1. The summed E-state index contributed by atoms with van der Waals surface area (Å²) in [5.74, 6) is 0.286. The molecule has 3 rings (SSSR count). The second-order valence-electron chi connectivity index (χ2n) is 4.70. The summed E-state index contributed by atoms with van der Waals surface area (Å²) < 4.78 is 39.7. The fourth-order valence-electron chi connectivity index (χ4n) is 2.10. The molecule has 1 fully saturated rings. The van der Waals surface area contributed by atoms with Gasteiger partial charge in [0.05, 0.1) is 0 Å². The molecule has 1 saturated carbocycles. The Morgan fingerprint density at radius 3 is 2.53 bits per heavy atom. The molecular weight excluding hydrogens is 321 g/mol. The maximum Gasteiger partial charge on any atom is 0.411 e. The largest absolute Gasteiger partial charge is 0.411 e. The van der Waals surface area contributed by atoms with Crippen LogP contribution >= 0.6 is 15.9 Å². The monoisotopic (exact) mass is 330 g/mol. The standard InChI is InChI=1S/C13H10BrF3N2/c14-10-3-1-2-9-8(10)4-7-18-11(9)19-12(5-6-12)13(15,16)17/h1-4,7H,5-6H2,(H,18,19). The molecule has 0 radical (unpaired) electrons. The van der Waals surface area contributed by atoms with Crippen LogP contribution in [0.25, 0.3) is 10.8 Å². The van der Waals surface area contributed by atoms with Gasteiger partial charge < -0.3 is 5.32 Å². The molecule has 0 unspecified atom stereocenters. The minimum absolute atomic E-state index is 0.0998. The maximum atomic E-state index is 13.0. The maximum absolute atomic E-state index is 13.0. The molecule has 1 aliphatic carbocycles. The van der Waals surface area contributed by atoms with Gasteiger partial charge in [-0.25, -0.2) is 4.98 Å². The molecule has 100 valence electrons. The molecule has 19 heavy (non-hydrogen) atoms. The Morgan fingerprint density at radius 1 is 1.16 bits per heavy atom. The first-order valence-corrected chi connectivity index (χ1v) is 6.60. The van der Waals surface area contributed by atoms with E-state index in [0.717, 1.165) is 9.86 Å². The van der Waals surface area contributed by atoms with Crippen molar-refractivity contribution in [1.82, 2.24) is 4.98 Å². The van der Waals surface area contributed by atoms with E-state index in [0.29, 0.717) is 5.39 Å². The highest BCUT2D eigenvalue weighted by Crippen LogP contribution is 2.51. The van der Waals surface area contributed by atoms with E-state index in [2.05, 4.69) is 26.2 Å². The first-order chi connectivity index (χ1) is 8.93. The average Bonchev–Trinajstić information content (AvgIpc) is 3.11. The van der Waals surface area contributed by atoms with Crippen LogP contribution in [0.3, 0.4) is 0 Å². The van der Waals surface area contributed by atoms with Gasteiger partial charge in [-0.2, -0.15) is 13.2 Å². The zero-order chi connectivity index (χ0) is 13.7. The Balaban J connectivity index is 2.05. The smallest absolute Gasteiger partial charge is 0.356 e. The molecule has 0 spiro atoms. The number of nitrogens with one attached hydrogen (secondary N) is 1. The number of rotatable bonds is 2. The SMILES string of the molecule is FC(F)(F)C1(Nc2nccc3c(Br)cccc23)CC1. The second-order valence-corrected chi connectivity index (χ2v) is 5.55. The van der Waals surface area contributed by atoms with Gasteiger partial charge in [0.2, 0.25) is 0 Å². The number of aromatic nitrogens is 1. The van der Waals surface area contributed by atoms with Crippen LogP contribution in [0.5, 0.6) is 0 Å². The molecule has 0 bridgehead atoms. The number of hydrogen-bond acceptors (Lipinski definition) is 2. The molecule has 1 aliphatic rings. The molecule has 2 nitrogen and oxygen atoms in total. The molecule has 0 amide bonds.